The number of nitrogens with zero attached hydrogens (tertiary/aromatic N) is 3. The van der Waals surface area contributed by atoms with Crippen molar-refractivity contribution in [2.24, 2.45) is 0 Å². The van der Waals surface area contributed by atoms with Gasteiger partial charge in [-0.25, -0.2) is 4.79 Å². The van der Waals surface area contributed by atoms with Gasteiger partial charge in [-0.1, -0.05) is 30.1 Å². The lowest BCUT2D eigenvalue weighted by molar-refractivity contribution is -0.690. The third-order valence-corrected chi connectivity index (χ3v) is 8.20. The summed E-state index contributed by atoms with van der Waals surface area (Å²) in [5.74, 6) is -1.84. The highest BCUT2D eigenvalue weighted by molar-refractivity contribution is 8.00. The molecule has 0 saturated carbocycles. The molecular weight excluding hydrogens is 541 g/mol. The number of benzene rings is 1. The summed E-state index contributed by atoms with van der Waals surface area (Å²) in [5, 5.41) is 9.74. The van der Waals surface area contributed by atoms with E-state index in [4.69, 9.17) is 27.9 Å². The molecule has 1 aromatic heterocycles. The summed E-state index contributed by atoms with van der Waals surface area (Å²) in [6.07, 6.45) is 3.18. The molecule has 1 saturated heterocycles. The third-order valence-electron chi connectivity index (χ3n) is 6.30. The lowest BCUT2D eigenvalue weighted by Crippen LogP contribution is -2.80. The minimum absolute atomic E-state index is 0.0539. The van der Waals surface area contributed by atoms with E-state index in [2.05, 4.69) is 0 Å². The Morgan fingerprint density at radius 2 is 2.08 bits per heavy atom. The van der Waals surface area contributed by atoms with Gasteiger partial charge in [0.05, 0.1) is 10.7 Å². The first kappa shape index (κ1) is 27.1. The van der Waals surface area contributed by atoms with Crippen LogP contribution in [0.1, 0.15) is 30.3 Å². The number of anilines is 1. The largest absolute Gasteiger partial charge is 0.477 e. The molecule has 2 amide bonds. The van der Waals surface area contributed by atoms with E-state index < -0.39 is 23.0 Å². The Kier molecular flexibility index (Phi) is 7.94. The van der Waals surface area contributed by atoms with Crippen molar-refractivity contribution in [1.29, 1.82) is 0 Å². The lowest BCUT2D eigenvalue weighted by atomic mass is 9.95. The Bertz CT molecular complexity index is 1320. The molecule has 2 aliphatic rings. The molecule has 1 unspecified atom stereocenters. The van der Waals surface area contributed by atoms with Crippen LogP contribution in [0, 0.1) is 0 Å². The molecule has 37 heavy (non-hydrogen) atoms. The first-order valence-corrected chi connectivity index (χ1v) is 13.2. The summed E-state index contributed by atoms with van der Waals surface area (Å²) in [7, 11) is 1.28. The Labute approximate surface area is 227 Å². The van der Waals surface area contributed by atoms with E-state index in [9.17, 15) is 24.3 Å². The number of carbonyl (C=O) groups excluding carboxylic acids is 3. The molecule has 4 rings (SSSR count). The average molecular weight is 565 g/mol. The van der Waals surface area contributed by atoms with Gasteiger partial charge in [0.15, 0.2) is 12.7 Å². The van der Waals surface area contributed by atoms with E-state index >= 15 is 0 Å². The van der Waals surface area contributed by atoms with Crippen LogP contribution in [0.15, 0.2) is 53.9 Å². The smallest absolute Gasteiger partial charge is 0.352 e. The van der Waals surface area contributed by atoms with Crippen LogP contribution in [0.25, 0.3) is 0 Å². The van der Waals surface area contributed by atoms with Crippen molar-refractivity contribution >= 4 is 64.7 Å². The standard InChI is InChI=1S/C25H23Cl2N3O6S/c1-3-6-20(32)19-7-4-5-10-28(19)12-15-13-37-24-25(36-2,23(35)30(24)21(15)22(33)34)29(14-31)18-9-8-16(26)11-17(18)27/h4-5,7-11,14,24H,3,6,12-13H2,1-2H3/p+1/t24-,25?/m1/s1. The van der Waals surface area contributed by atoms with Crippen LogP contribution in [-0.4, -0.2) is 58.0 Å². The molecule has 1 N–H and O–H groups in total. The predicted molar refractivity (Wildman–Crippen MR) is 138 cm³/mol. The zero-order chi connectivity index (χ0) is 26.9. The van der Waals surface area contributed by atoms with Gasteiger partial charge in [0.1, 0.15) is 11.1 Å². The topological polar surface area (TPSA) is 108 Å². The Morgan fingerprint density at radius 3 is 2.70 bits per heavy atom. The normalized spacial score (nSPS) is 20.8. The minimum Gasteiger partial charge on any atom is -0.477 e. The predicted octanol–water partition coefficient (Wildman–Crippen LogP) is 3.52. The number of carbonyl (C=O) groups is 4. The van der Waals surface area contributed by atoms with E-state index in [1.807, 2.05) is 6.92 Å². The maximum atomic E-state index is 13.6. The molecule has 12 heteroatoms. The quantitative estimate of drug-likeness (QED) is 0.154. The third kappa shape index (κ3) is 4.52. The van der Waals surface area contributed by atoms with Gasteiger partial charge < -0.3 is 9.84 Å². The number of thioether (sulfide) groups is 1. The highest BCUT2D eigenvalue weighted by Crippen LogP contribution is 2.51. The van der Waals surface area contributed by atoms with E-state index in [-0.39, 0.29) is 34.5 Å². The van der Waals surface area contributed by atoms with Crippen molar-refractivity contribution in [3.63, 3.8) is 0 Å². The monoisotopic (exact) mass is 564 g/mol. The van der Waals surface area contributed by atoms with E-state index in [1.165, 1.54) is 37.1 Å². The number of ether oxygens (including phenoxy) is 1. The van der Waals surface area contributed by atoms with Gasteiger partial charge in [0.25, 0.3) is 11.6 Å². The second-order valence-electron chi connectivity index (χ2n) is 8.45. The number of ketones is 1. The van der Waals surface area contributed by atoms with Gasteiger partial charge in [0.2, 0.25) is 17.9 Å². The molecule has 2 atom stereocenters. The number of fused-ring (bicyclic) bond motifs is 1. The highest BCUT2D eigenvalue weighted by atomic mass is 35.5. The number of methoxy groups -OCH3 is 1. The van der Waals surface area contributed by atoms with Gasteiger partial charge in [-0.05, 0) is 30.7 Å². The second kappa shape index (κ2) is 10.8. The SMILES string of the molecule is CCCC(=O)c1cccc[n+]1CC1=C(C(=O)O)N2C(=O)C(OC)(N(C=O)c3ccc(Cl)cc3Cl)[C@H]2SC1. The van der Waals surface area contributed by atoms with Crippen LogP contribution in [-0.2, 0) is 25.7 Å². The fraction of sp³-hybridized carbons (Fsp3) is 0.320. The van der Waals surface area contributed by atoms with Gasteiger partial charge >= 0.3 is 5.97 Å². The van der Waals surface area contributed by atoms with Crippen LogP contribution in [0.5, 0.6) is 0 Å². The summed E-state index contributed by atoms with van der Waals surface area (Å²) in [5.41, 5.74) is -0.893. The number of carboxylic acid groups (broad SMARTS) is 1. The summed E-state index contributed by atoms with van der Waals surface area (Å²) < 4.78 is 7.32. The molecular formula is C25H24Cl2N3O6S+. The molecule has 0 bridgehead atoms. The van der Waals surface area contributed by atoms with Crippen molar-refractivity contribution in [1.82, 2.24) is 4.90 Å². The number of Topliss-reactive ketones (excluding diaryl/α,β-unsaturated/α-hetero) is 1. The fourth-order valence-corrected chi connectivity index (χ4v) is 6.59. The number of hydrogen-bond donors (Lipinski definition) is 1. The van der Waals surface area contributed by atoms with Crippen LogP contribution < -0.4 is 9.47 Å². The van der Waals surface area contributed by atoms with Gasteiger partial charge in [-0.15, -0.1) is 11.8 Å². The van der Waals surface area contributed by atoms with Crippen molar-refractivity contribution < 1.29 is 33.6 Å². The molecule has 2 aromatic rings. The number of rotatable bonds is 10. The van der Waals surface area contributed by atoms with Crippen LogP contribution in [0.3, 0.4) is 0 Å². The maximum Gasteiger partial charge on any atom is 0.352 e. The Morgan fingerprint density at radius 1 is 1.32 bits per heavy atom. The minimum atomic E-state index is -1.81. The zero-order valence-electron chi connectivity index (χ0n) is 20.0. The van der Waals surface area contributed by atoms with Crippen molar-refractivity contribution in [2.75, 3.05) is 17.8 Å². The Hall–Kier alpha value is -2.92. The first-order chi connectivity index (χ1) is 17.7. The number of amides is 2. The summed E-state index contributed by atoms with van der Waals surface area (Å²) in [6, 6.07) is 9.64. The van der Waals surface area contributed by atoms with Crippen molar-refractivity contribution in [3.8, 4) is 0 Å². The molecule has 194 valence electrons. The fourth-order valence-electron chi connectivity index (χ4n) is 4.62. The van der Waals surface area contributed by atoms with E-state index in [1.54, 1.807) is 29.0 Å². The molecule has 0 spiro atoms. The van der Waals surface area contributed by atoms with E-state index in [0.29, 0.717) is 35.5 Å². The van der Waals surface area contributed by atoms with Crippen LogP contribution in [0.2, 0.25) is 10.0 Å². The lowest BCUT2D eigenvalue weighted by Gasteiger charge is -2.58. The Balaban J connectivity index is 1.73. The van der Waals surface area contributed by atoms with Crippen LogP contribution in [0.4, 0.5) is 5.69 Å². The number of pyridine rings is 1. The van der Waals surface area contributed by atoms with Crippen molar-refractivity contribution in [2.45, 2.75) is 37.4 Å². The molecule has 1 fully saturated rings. The van der Waals surface area contributed by atoms with Gasteiger partial charge in [0, 0.05) is 42.0 Å². The molecule has 2 aliphatic heterocycles. The number of hydrogen-bond acceptors (Lipinski definition) is 6. The highest BCUT2D eigenvalue weighted by Gasteiger charge is 2.69. The number of carboxylic acids is 1. The number of β-lactam (4-membered cyclic amide) rings is 1. The second-order valence-corrected chi connectivity index (χ2v) is 10.4. The van der Waals surface area contributed by atoms with Gasteiger partial charge in [-0.2, -0.15) is 4.57 Å². The number of aromatic nitrogens is 1. The average Bonchev–Trinajstić information content (AvgIpc) is 2.87. The molecule has 1 aromatic carbocycles. The zero-order valence-corrected chi connectivity index (χ0v) is 22.3. The first-order valence-electron chi connectivity index (χ1n) is 11.4. The summed E-state index contributed by atoms with van der Waals surface area (Å²) >= 11 is 13.6. The molecule has 3 heterocycles. The van der Waals surface area contributed by atoms with Crippen LogP contribution >= 0.6 is 35.0 Å². The summed E-state index contributed by atoms with van der Waals surface area (Å²) in [6.45, 7) is 2.02. The molecule has 0 radical (unpaired) electrons. The number of halogens is 2. The van der Waals surface area contributed by atoms with Crippen molar-refractivity contribution in [3.05, 3.63) is 69.6 Å². The maximum absolute atomic E-state index is 13.6. The molecule has 9 nitrogen and oxygen atoms in total. The molecule has 0 aliphatic carbocycles. The summed E-state index contributed by atoms with van der Waals surface area (Å²) in [4.78, 5) is 53.1. The van der Waals surface area contributed by atoms with Gasteiger partial charge in [-0.3, -0.25) is 24.2 Å². The van der Waals surface area contributed by atoms with E-state index in [0.717, 1.165) is 9.80 Å². The number of aliphatic carboxylic acids is 1.